The Morgan fingerprint density at radius 3 is 2.80 bits per heavy atom. The number of nitrogens with one attached hydrogen (secondary N) is 1. The normalized spacial score (nSPS) is 20.2. The Bertz CT molecular complexity index is 176. The number of rotatable bonds is 9. The van der Waals surface area contributed by atoms with Gasteiger partial charge in [-0.15, -0.1) is 0 Å². The van der Waals surface area contributed by atoms with E-state index in [2.05, 4.69) is 12.2 Å². The van der Waals surface area contributed by atoms with Crippen LogP contribution in [0.4, 0.5) is 0 Å². The van der Waals surface area contributed by atoms with Crippen LogP contribution in [-0.4, -0.2) is 48.5 Å². The van der Waals surface area contributed by atoms with Crippen LogP contribution in [-0.2, 0) is 4.74 Å². The monoisotopic (exact) mass is 233 g/mol. The van der Waals surface area contributed by atoms with E-state index in [9.17, 15) is 5.11 Å². The molecular weight excluding hydrogens is 210 g/mol. The minimum absolute atomic E-state index is 0.0983. The van der Waals surface area contributed by atoms with Crippen LogP contribution in [0, 0.1) is 0 Å². The highest BCUT2D eigenvalue weighted by Crippen LogP contribution is 2.24. The average Bonchev–Trinajstić information content (AvgIpc) is 3.01. The van der Waals surface area contributed by atoms with E-state index in [1.54, 1.807) is 7.11 Å². The summed E-state index contributed by atoms with van der Waals surface area (Å²) in [6, 6.07) is 0.654. The lowest BCUT2D eigenvalue weighted by Gasteiger charge is -2.28. The van der Waals surface area contributed by atoms with Crippen LogP contribution >= 0.6 is 11.8 Å². The Hall–Kier alpha value is 0.230. The molecular formula is C11H23NO2S. The summed E-state index contributed by atoms with van der Waals surface area (Å²) < 4.78 is 5.00. The van der Waals surface area contributed by atoms with E-state index in [0.29, 0.717) is 6.04 Å². The van der Waals surface area contributed by atoms with Crippen molar-refractivity contribution in [1.29, 1.82) is 0 Å². The molecule has 0 spiro atoms. The summed E-state index contributed by atoms with van der Waals surface area (Å²) in [6.45, 7) is 3.16. The van der Waals surface area contributed by atoms with Crippen molar-refractivity contribution >= 4 is 11.8 Å². The Kier molecular flexibility index (Phi) is 5.97. The molecule has 0 bridgehead atoms. The molecule has 3 nitrogen and oxygen atoms in total. The number of thioether (sulfide) groups is 1. The first kappa shape index (κ1) is 13.3. The van der Waals surface area contributed by atoms with E-state index in [0.717, 1.165) is 24.5 Å². The van der Waals surface area contributed by atoms with Crippen LogP contribution in [0.1, 0.15) is 26.2 Å². The Morgan fingerprint density at radius 1 is 1.53 bits per heavy atom. The van der Waals surface area contributed by atoms with Crippen molar-refractivity contribution in [3.05, 3.63) is 0 Å². The molecule has 4 heteroatoms. The number of hydrogen-bond acceptors (Lipinski definition) is 4. The third-order valence-electron chi connectivity index (χ3n) is 2.54. The zero-order chi connectivity index (χ0) is 11.1. The van der Waals surface area contributed by atoms with Gasteiger partial charge in [0, 0.05) is 31.1 Å². The van der Waals surface area contributed by atoms with E-state index in [1.807, 2.05) is 11.8 Å². The molecule has 0 aliphatic heterocycles. The average molecular weight is 233 g/mol. The molecule has 0 aromatic carbocycles. The second kappa shape index (κ2) is 6.74. The maximum absolute atomic E-state index is 9.36. The van der Waals surface area contributed by atoms with Crippen LogP contribution < -0.4 is 5.32 Å². The van der Waals surface area contributed by atoms with Crippen LogP contribution in [0.3, 0.4) is 0 Å². The zero-order valence-corrected chi connectivity index (χ0v) is 10.6. The van der Waals surface area contributed by atoms with Gasteiger partial charge in [-0.05, 0) is 31.9 Å². The number of methoxy groups -OCH3 is 1. The van der Waals surface area contributed by atoms with Crippen molar-refractivity contribution in [3.8, 4) is 0 Å². The number of aliphatic hydroxyl groups is 1. The number of ether oxygens (including phenoxy) is 1. The molecule has 15 heavy (non-hydrogen) atoms. The predicted molar refractivity (Wildman–Crippen MR) is 65.5 cm³/mol. The molecule has 1 atom stereocenters. The highest BCUT2D eigenvalue weighted by Gasteiger charge is 2.31. The first-order valence-electron chi connectivity index (χ1n) is 5.65. The van der Waals surface area contributed by atoms with Crippen molar-refractivity contribution in [1.82, 2.24) is 5.32 Å². The minimum Gasteiger partial charge on any atom is -0.394 e. The highest BCUT2D eigenvalue weighted by atomic mass is 32.2. The molecule has 1 aliphatic carbocycles. The van der Waals surface area contributed by atoms with Crippen LogP contribution in [0.5, 0.6) is 0 Å². The Labute approximate surface area is 97.0 Å². The van der Waals surface area contributed by atoms with Crippen LogP contribution in [0.2, 0.25) is 0 Å². The quantitative estimate of drug-likeness (QED) is 0.588. The Morgan fingerprint density at radius 2 is 2.27 bits per heavy atom. The van der Waals surface area contributed by atoms with Gasteiger partial charge in [0.15, 0.2) is 0 Å². The fourth-order valence-corrected chi connectivity index (χ4v) is 2.55. The summed E-state index contributed by atoms with van der Waals surface area (Å²) in [5.74, 6) is 2.08. The second-order valence-electron chi connectivity index (χ2n) is 4.54. The van der Waals surface area contributed by atoms with Crippen molar-refractivity contribution in [2.75, 3.05) is 31.8 Å². The summed E-state index contributed by atoms with van der Waals surface area (Å²) in [6.07, 6.45) is 3.62. The minimum atomic E-state index is -0.0983. The van der Waals surface area contributed by atoms with Gasteiger partial charge in [0.1, 0.15) is 0 Å². The zero-order valence-electron chi connectivity index (χ0n) is 9.79. The highest BCUT2D eigenvalue weighted by molar-refractivity contribution is 7.99. The van der Waals surface area contributed by atoms with E-state index in [4.69, 9.17) is 4.74 Å². The SMILES string of the molecule is COCCCSCC(C)(CO)NC1CC1. The molecule has 1 fully saturated rings. The molecule has 0 heterocycles. The van der Waals surface area contributed by atoms with Gasteiger partial charge in [0.25, 0.3) is 0 Å². The second-order valence-corrected chi connectivity index (χ2v) is 5.64. The number of hydrogen-bond donors (Lipinski definition) is 2. The molecule has 90 valence electrons. The summed E-state index contributed by atoms with van der Waals surface area (Å²) in [5.41, 5.74) is -0.0983. The first-order valence-corrected chi connectivity index (χ1v) is 6.81. The lowest BCUT2D eigenvalue weighted by molar-refractivity contribution is 0.190. The third-order valence-corrected chi connectivity index (χ3v) is 3.96. The van der Waals surface area contributed by atoms with E-state index < -0.39 is 0 Å². The van der Waals surface area contributed by atoms with E-state index in [1.165, 1.54) is 12.8 Å². The molecule has 0 saturated heterocycles. The van der Waals surface area contributed by atoms with Crippen molar-refractivity contribution in [3.63, 3.8) is 0 Å². The molecule has 0 aromatic heterocycles. The molecule has 2 N–H and O–H groups in total. The van der Waals surface area contributed by atoms with E-state index in [-0.39, 0.29) is 12.1 Å². The van der Waals surface area contributed by atoms with Gasteiger partial charge in [-0.2, -0.15) is 11.8 Å². The van der Waals surface area contributed by atoms with Crippen molar-refractivity contribution < 1.29 is 9.84 Å². The largest absolute Gasteiger partial charge is 0.394 e. The standard InChI is InChI=1S/C11H23NO2S/c1-11(8-13,12-10-4-5-10)9-15-7-3-6-14-2/h10,12-13H,3-9H2,1-2H3. The molecule has 1 rings (SSSR count). The van der Waals surface area contributed by atoms with Gasteiger partial charge in [0.2, 0.25) is 0 Å². The summed E-state index contributed by atoms with van der Waals surface area (Å²) in [4.78, 5) is 0. The fourth-order valence-electron chi connectivity index (χ4n) is 1.46. The topological polar surface area (TPSA) is 41.5 Å². The molecule has 1 aliphatic rings. The van der Waals surface area contributed by atoms with Crippen LogP contribution in [0.15, 0.2) is 0 Å². The summed E-state index contributed by atoms with van der Waals surface area (Å²) in [5, 5.41) is 12.9. The Balaban J connectivity index is 2.08. The van der Waals surface area contributed by atoms with Gasteiger partial charge in [0.05, 0.1) is 6.61 Å². The van der Waals surface area contributed by atoms with Gasteiger partial charge < -0.3 is 15.2 Å². The van der Waals surface area contributed by atoms with Gasteiger partial charge in [-0.1, -0.05) is 0 Å². The summed E-state index contributed by atoms with van der Waals surface area (Å²) in [7, 11) is 1.73. The molecule has 0 radical (unpaired) electrons. The van der Waals surface area contributed by atoms with Crippen LogP contribution in [0.25, 0.3) is 0 Å². The predicted octanol–water partition coefficient (Wildman–Crippen LogP) is 1.26. The first-order chi connectivity index (χ1) is 7.20. The maximum atomic E-state index is 9.36. The van der Waals surface area contributed by atoms with Crippen molar-refractivity contribution in [2.45, 2.75) is 37.8 Å². The third kappa shape index (κ3) is 5.76. The lowest BCUT2D eigenvalue weighted by Crippen LogP contribution is -2.49. The summed E-state index contributed by atoms with van der Waals surface area (Å²) >= 11 is 1.89. The molecule has 0 aromatic rings. The molecule has 1 unspecified atom stereocenters. The van der Waals surface area contributed by atoms with Gasteiger partial charge in [-0.3, -0.25) is 0 Å². The maximum Gasteiger partial charge on any atom is 0.0618 e. The molecule has 1 saturated carbocycles. The van der Waals surface area contributed by atoms with Gasteiger partial charge in [-0.25, -0.2) is 0 Å². The fraction of sp³-hybridized carbons (Fsp3) is 1.00. The lowest BCUT2D eigenvalue weighted by atomic mass is 10.1. The number of aliphatic hydroxyl groups excluding tert-OH is 1. The van der Waals surface area contributed by atoms with E-state index >= 15 is 0 Å². The van der Waals surface area contributed by atoms with Crippen molar-refractivity contribution in [2.24, 2.45) is 0 Å². The molecule has 0 amide bonds. The van der Waals surface area contributed by atoms with Gasteiger partial charge >= 0.3 is 0 Å². The smallest absolute Gasteiger partial charge is 0.0618 e.